The van der Waals surface area contributed by atoms with E-state index in [4.69, 9.17) is 5.11 Å². The zero-order valence-electron chi connectivity index (χ0n) is 13.4. The Morgan fingerprint density at radius 3 is 2.61 bits per heavy atom. The summed E-state index contributed by atoms with van der Waals surface area (Å²) in [7, 11) is 1.58. The molecule has 0 bridgehead atoms. The molecule has 0 unspecified atom stereocenters. The maximum absolute atomic E-state index is 12.4. The van der Waals surface area contributed by atoms with Crippen molar-refractivity contribution in [3.8, 4) is 0 Å². The van der Waals surface area contributed by atoms with Crippen LogP contribution in [-0.2, 0) is 14.4 Å². The van der Waals surface area contributed by atoms with Gasteiger partial charge in [0.2, 0.25) is 11.8 Å². The molecule has 6 heteroatoms. The molecule has 1 aromatic carbocycles. The number of carboxylic acids is 1. The minimum atomic E-state index is -0.938. The summed E-state index contributed by atoms with van der Waals surface area (Å²) in [5.74, 6) is -1.53. The lowest BCUT2D eigenvalue weighted by Crippen LogP contribution is -2.36. The maximum atomic E-state index is 12.4. The van der Waals surface area contributed by atoms with Gasteiger partial charge in [-0.05, 0) is 12.5 Å². The normalized spacial score (nSPS) is 18.8. The molecule has 2 atom stereocenters. The second kappa shape index (κ2) is 7.26. The number of rotatable bonds is 6. The van der Waals surface area contributed by atoms with E-state index in [2.05, 4.69) is 0 Å². The van der Waals surface area contributed by atoms with Crippen LogP contribution < -0.4 is 0 Å². The number of benzene rings is 1. The van der Waals surface area contributed by atoms with Crippen LogP contribution in [0.2, 0.25) is 0 Å². The van der Waals surface area contributed by atoms with Crippen molar-refractivity contribution in [2.24, 2.45) is 5.92 Å². The first kappa shape index (κ1) is 17.0. The Morgan fingerprint density at radius 2 is 2.00 bits per heavy atom. The molecule has 0 radical (unpaired) electrons. The number of carbonyl (C=O) groups excluding carboxylic acids is 2. The number of amides is 2. The highest BCUT2D eigenvalue weighted by Gasteiger charge is 2.38. The second-order valence-electron chi connectivity index (χ2n) is 5.94. The number of hydrogen-bond donors (Lipinski definition) is 1. The molecular formula is C17H22N2O4. The Kier molecular flexibility index (Phi) is 5.36. The molecule has 1 saturated heterocycles. The van der Waals surface area contributed by atoms with Crippen molar-refractivity contribution in [3.63, 3.8) is 0 Å². The van der Waals surface area contributed by atoms with E-state index in [9.17, 15) is 14.4 Å². The summed E-state index contributed by atoms with van der Waals surface area (Å²) < 4.78 is 0. The summed E-state index contributed by atoms with van der Waals surface area (Å²) in [5.41, 5.74) is 1.04. The van der Waals surface area contributed by atoms with E-state index in [1.807, 2.05) is 37.3 Å². The van der Waals surface area contributed by atoms with E-state index in [-0.39, 0.29) is 37.2 Å². The molecule has 6 nitrogen and oxygen atoms in total. The average molecular weight is 318 g/mol. The molecule has 1 aromatic rings. The van der Waals surface area contributed by atoms with Crippen LogP contribution in [0.5, 0.6) is 0 Å². The number of carboxylic acid groups (broad SMARTS) is 1. The predicted octanol–water partition coefficient (Wildman–Crippen LogP) is 1.53. The quantitative estimate of drug-likeness (QED) is 0.863. The standard InChI is InChI=1S/C17H22N2O4/c1-12(13-6-4-3-5-7-13)19-11-14(10-15(19)20)17(23)18(2)9-8-16(21)22/h3-7,12,14H,8-11H2,1-2H3,(H,21,22)/t12-,14-/m0/s1. The van der Waals surface area contributed by atoms with Crippen LogP contribution in [0, 0.1) is 5.92 Å². The first-order valence-corrected chi connectivity index (χ1v) is 7.71. The van der Waals surface area contributed by atoms with Gasteiger partial charge in [-0.15, -0.1) is 0 Å². The third-order valence-corrected chi connectivity index (χ3v) is 4.29. The molecule has 2 rings (SSSR count). The third-order valence-electron chi connectivity index (χ3n) is 4.29. The Labute approximate surface area is 135 Å². The van der Waals surface area contributed by atoms with Gasteiger partial charge >= 0.3 is 5.97 Å². The highest BCUT2D eigenvalue weighted by atomic mass is 16.4. The zero-order valence-corrected chi connectivity index (χ0v) is 13.4. The van der Waals surface area contributed by atoms with Crippen LogP contribution in [0.15, 0.2) is 30.3 Å². The lowest BCUT2D eigenvalue weighted by molar-refractivity contribution is -0.139. The monoisotopic (exact) mass is 318 g/mol. The Bertz CT molecular complexity index is 588. The number of likely N-dealkylation sites (tertiary alicyclic amines) is 1. The fourth-order valence-electron chi connectivity index (χ4n) is 2.87. The number of nitrogens with zero attached hydrogens (tertiary/aromatic N) is 2. The molecule has 124 valence electrons. The molecule has 0 saturated carbocycles. The first-order chi connectivity index (χ1) is 10.9. The fraction of sp³-hybridized carbons (Fsp3) is 0.471. The molecule has 1 aliphatic heterocycles. The molecule has 1 heterocycles. The molecule has 1 fully saturated rings. The summed E-state index contributed by atoms with van der Waals surface area (Å²) in [4.78, 5) is 38.3. The summed E-state index contributed by atoms with van der Waals surface area (Å²) in [6.45, 7) is 2.49. The number of aliphatic carboxylic acids is 1. The summed E-state index contributed by atoms with van der Waals surface area (Å²) >= 11 is 0. The van der Waals surface area contributed by atoms with E-state index in [0.29, 0.717) is 6.54 Å². The van der Waals surface area contributed by atoms with Gasteiger partial charge in [-0.3, -0.25) is 14.4 Å². The lowest BCUT2D eigenvalue weighted by atomic mass is 10.1. The third kappa shape index (κ3) is 4.09. The summed E-state index contributed by atoms with van der Waals surface area (Å²) in [6.07, 6.45) is 0.0977. The molecule has 2 amide bonds. The largest absolute Gasteiger partial charge is 0.481 e. The van der Waals surface area contributed by atoms with Crippen molar-refractivity contribution >= 4 is 17.8 Å². The highest BCUT2D eigenvalue weighted by Crippen LogP contribution is 2.29. The minimum Gasteiger partial charge on any atom is -0.481 e. The minimum absolute atomic E-state index is 0.0358. The topological polar surface area (TPSA) is 77.9 Å². The van der Waals surface area contributed by atoms with Gasteiger partial charge < -0.3 is 14.9 Å². The molecule has 1 N–H and O–H groups in total. The smallest absolute Gasteiger partial charge is 0.305 e. The second-order valence-corrected chi connectivity index (χ2v) is 5.94. The molecule has 23 heavy (non-hydrogen) atoms. The van der Waals surface area contributed by atoms with E-state index in [1.165, 1.54) is 4.90 Å². The number of hydrogen-bond acceptors (Lipinski definition) is 3. The molecule has 0 spiro atoms. The average Bonchev–Trinajstić information content (AvgIpc) is 2.93. The van der Waals surface area contributed by atoms with Gasteiger partial charge in [-0.2, -0.15) is 0 Å². The Balaban J connectivity index is 1.99. The molecule has 0 aromatic heterocycles. The van der Waals surface area contributed by atoms with Gasteiger partial charge in [-0.1, -0.05) is 30.3 Å². The van der Waals surface area contributed by atoms with Gasteiger partial charge in [0.1, 0.15) is 0 Å². The SMILES string of the molecule is C[C@@H](c1ccccc1)N1C[C@@H](C(=O)N(C)CCC(=O)O)CC1=O. The van der Waals surface area contributed by atoms with Gasteiger partial charge in [0, 0.05) is 26.6 Å². The molecule has 0 aliphatic carbocycles. The van der Waals surface area contributed by atoms with Crippen LogP contribution in [0.3, 0.4) is 0 Å². The van der Waals surface area contributed by atoms with Crippen molar-refractivity contribution < 1.29 is 19.5 Å². The van der Waals surface area contributed by atoms with Crippen LogP contribution in [0.1, 0.15) is 31.4 Å². The van der Waals surface area contributed by atoms with E-state index < -0.39 is 11.9 Å². The van der Waals surface area contributed by atoms with E-state index >= 15 is 0 Å². The Morgan fingerprint density at radius 1 is 1.35 bits per heavy atom. The van der Waals surface area contributed by atoms with Gasteiger partial charge in [0.05, 0.1) is 18.4 Å². The summed E-state index contributed by atoms with van der Waals surface area (Å²) in [6, 6.07) is 9.62. The van der Waals surface area contributed by atoms with Crippen LogP contribution in [0.25, 0.3) is 0 Å². The van der Waals surface area contributed by atoms with Crippen molar-refractivity contribution in [1.29, 1.82) is 0 Å². The van der Waals surface area contributed by atoms with Crippen molar-refractivity contribution in [1.82, 2.24) is 9.80 Å². The van der Waals surface area contributed by atoms with Crippen LogP contribution in [0.4, 0.5) is 0 Å². The fourth-order valence-corrected chi connectivity index (χ4v) is 2.87. The lowest BCUT2D eigenvalue weighted by Gasteiger charge is -2.26. The maximum Gasteiger partial charge on any atom is 0.305 e. The number of carbonyl (C=O) groups is 3. The van der Waals surface area contributed by atoms with Crippen LogP contribution >= 0.6 is 0 Å². The first-order valence-electron chi connectivity index (χ1n) is 7.71. The summed E-state index contributed by atoms with van der Waals surface area (Å²) in [5, 5.41) is 8.69. The van der Waals surface area contributed by atoms with Gasteiger partial charge in [0.25, 0.3) is 0 Å². The van der Waals surface area contributed by atoms with Gasteiger partial charge in [-0.25, -0.2) is 0 Å². The van der Waals surface area contributed by atoms with Crippen molar-refractivity contribution in [3.05, 3.63) is 35.9 Å². The van der Waals surface area contributed by atoms with Crippen LogP contribution in [-0.4, -0.2) is 52.8 Å². The predicted molar refractivity (Wildman–Crippen MR) is 84.6 cm³/mol. The van der Waals surface area contributed by atoms with Crippen molar-refractivity contribution in [2.45, 2.75) is 25.8 Å². The van der Waals surface area contributed by atoms with E-state index in [0.717, 1.165) is 5.56 Å². The van der Waals surface area contributed by atoms with Gasteiger partial charge in [0.15, 0.2) is 0 Å². The molecular weight excluding hydrogens is 296 g/mol. The highest BCUT2D eigenvalue weighted by molar-refractivity contribution is 5.89. The van der Waals surface area contributed by atoms with E-state index in [1.54, 1.807) is 11.9 Å². The Hall–Kier alpha value is -2.37. The molecule has 1 aliphatic rings. The zero-order chi connectivity index (χ0) is 17.0. The van der Waals surface area contributed by atoms with Crippen molar-refractivity contribution in [2.75, 3.05) is 20.1 Å².